The summed E-state index contributed by atoms with van der Waals surface area (Å²) in [4.78, 5) is 6.85. The first-order valence-electron chi connectivity index (χ1n) is 7.97. The van der Waals surface area contributed by atoms with E-state index in [0.29, 0.717) is 11.4 Å². The summed E-state index contributed by atoms with van der Waals surface area (Å²) in [6.07, 6.45) is 8.08. The molecular formula is C18H19FN4. The maximum Gasteiger partial charge on any atom is 0.132 e. The van der Waals surface area contributed by atoms with Crippen LogP contribution in [0.5, 0.6) is 0 Å². The van der Waals surface area contributed by atoms with E-state index in [1.54, 1.807) is 24.4 Å². The Labute approximate surface area is 134 Å². The van der Waals surface area contributed by atoms with Crippen LogP contribution in [-0.4, -0.2) is 26.2 Å². The summed E-state index contributed by atoms with van der Waals surface area (Å²) in [5.74, 6) is -0.206. The van der Waals surface area contributed by atoms with Gasteiger partial charge >= 0.3 is 0 Å². The number of hydrogen-bond donors (Lipinski definition) is 0. The minimum Gasteiger partial charge on any atom is -0.292 e. The van der Waals surface area contributed by atoms with Gasteiger partial charge in [0.15, 0.2) is 0 Å². The van der Waals surface area contributed by atoms with Gasteiger partial charge in [0.2, 0.25) is 0 Å². The molecule has 4 nitrogen and oxygen atoms in total. The second-order valence-corrected chi connectivity index (χ2v) is 6.18. The van der Waals surface area contributed by atoms with Gasteiger partial charge in [0, 0.05) is 43.0 Å². The highest BCUT2D eigenvalue weighted by Crippen LogP contribution is 2.33. The molecule has 0 aliphatic carbocycles. The molecule has 4 rings (SSSR count). The lowest BCUT2D eigenvalue weighted by atomic mass is 10.1. The van der Waals surface area contributed by atoms with E-state index in [-0.39, 0.29) is 5.82 Å². The number of nitrogens with zero attached hydrogens (tertiary/aromatic N) is 4. The average Bonchev–Trinajstić information content (AvgIpc) is 3.19. The van der Waals surface area contributed by atoms with Gasteiger partial charge in [-0.2, -0.15) is 5.10 Å². The van der Waals surface area contributed by atoms with Gasteiger partial charge in [-0.1, -0.05) is 6.07 Å². The average molecular weight is 310 g/mol. The van der Waals surface area contributed by atoms with Crippen LogP contribution in [0, 0.1) is 5.82 Å². The molecular weight excluding hydrogens is 291 g/mol. The molecule has 0 radical (unpaired) electrons. The molecule has 1 atom stereocenters. The van der Waals surface area contributed by atoms with Gasteiger partial charge in [-0.25, -0.2) is 4.39 Å². The molecule has 1 aliphatic heterocycles. The van der Waals surface area contributed by atoms with Crippen molar-refractivity contribution in [3.63, 3.8) is 0 Å². The van der Waals surface area contributed by atoms with Crippen LogP contribution in [0.2, 0.25) is 0 Å². The highest BCUT2D eigenvalue weighted by molar-refractivity contribution is 5.82. The van der Waals surface area contributed by atoms with E-state index >= 15 is 0 Å². The number of pyridine rings is 1. The van der Waals surface area contributed by atoms with Crippen LogP contribution in [0.4, 0.5) is 4.39 Å². The Morgan fingerprint density at radius 1 is 1.30 bits per heavy atom. The standard InChI is InChI=1S/C18H19FN4/c1-22-11-14(10-21-22)17-5-3-9-23(17)12-13-6-7-16(19)15-4-2-8-20-18(13)15/h2,4,6-8,10-11,17H,3,5,9,12H2,1H3. The van der Waals surface area contributed by atoms with Crippen LogP contribution in [0.25, 0.3) is 10.9 Å². The molecule has 2 aromatic heterocycles. The van der Waals surface area contributed by atoms with Gasteiger partial charge in [-0.15, -0.1) is 0 Å². The molecule has 1 unspecified atom stereocenters. The van der Waals surface area contributed by atoms with E-state index < -0.39 is 0 Å². The van der Waals surface area contributed by atoms with Gasteiger partial charge in [0.1, 0.15) is 5.82 Å². The van der Waals surface area contributed by atoms with Crippen molar-refractivity contribution < 1.29 is 4.39 Å². The van der Waals surface area contributed by atoms with Crippen molar-refractivity contribution in [3.8, 4) is 0 Å². The number of aromatic nitrogens is 3. The topological polar surface area (TPSA) is 34.0 Å². The largest absolute Gasteiger partial charge is 0.292 e. The number of fused-ring (bicyclic) bond motifs is 1. The second kappa shape index (κ2) is 5.74. The quantitative estimate of drug-likeness (QED) is 0.743. The number of likely N-dealkylation sites (tertiary alicyclic amines) is 1. The van der Waals surface area contributed by atoms with Crippen molar-refractivity contribution in [1.82, 2.24) is 19.7 Å². The van der Waals surface area contributed by atoms with Crippen molar-refractivity contribution >= 4 is 10.9 Å². The van der Waals surface area contributed by atoms with Crippen molar-refractivity contribution in [2.75, 3.05) is 6.54 Å². The number of benzene rings is 1. The summed E-state index contributed by atoms with van der Waals surface area (Å²) >= 11 is 0. The molecule has 3 aromatic rings. The summed E-state index contributed by atoms with van der Waals surface area (Å²) in [5, 5.41) is 4.89. The molecule has 5 heteroatoms. The van der Waals surface area contributed by atoms with Crippen LogP contribution in [-0.2, 0) is 13.6 Å². The van der Waals surface area contributed by atoms with Gasteiger partial charge in [0.05, 0.1) is 11.7 Å². The Kier molecular flexibility index (Phi) is 3.58. The molecule has 1 fully saturated rings. The number of aryl methyl sites for hydroxylation is 1. The lowest BCUT2D eigenvalue weighted by Crippen LogP contribution is -2.22. The third-order valence-corrected chi connectivity index (χ3v) is 4.65. The maximum atomic E-state index is 14.0. The summed E-state index contributed by atoms with van der Waals surface area (Å²) in [5.41, 5.74) is 3.10. The Balaban J connectivity index is 1.66. The summed E-state index contributed by atoms with van der Waals surface area (Å²) in [6, 6.07) is 7.37. The summed E-state index contributed by atoms with van der Waals surface area (Å²) in [6.45, 7) is 1.83. The van der Waals surface area contributed by atoms with Gasteiger partial charge in [-0.3, -0.25) is 14.6 Å². The van der Waals surface area contributed by atoms with Crippen molar-refractivity contribution in [3.05, 3.63) is 59.8 Å². The normalized spacial score (nSPS) is 18.8. The van der Waals surface area contributed by atoms with E-state index in [2.05, 4.69) is 21.2 Å². The number of halogens is 1. The van der Waals surface area contributed by atoms with E-state index in [0.717, 1.165) is 30.6 Å². The van der Waals surface area contributed by atoms with Gasteiger partial charge in [0.25, 0.3) is 0 Å². The highest BCUT2D eigenvalue weighted by Gasteiger charge is 2.27. The molecule has 3 heterocycles. The van der Waals surface area contributed by atoms with Crippen LogP contribution in [0.1, 0.15) is 30.0 Å². The van der Waals surface area contributed by atoms with E-state index in [9.17, 15) is 4.39 Å². The first kappa shape index (κ1) is 14.3. The van der Waals surface area contributed by atoms with E-state index in [4.69, 9.17) is 0 Å². The molecule has 1 aromatic carbocycles. The molecule has 0 spiro atoms. The molecule has 1 aliphatic rings. The fraction of sp³-hybridized carbons (Fsp3) is 0.333. The minimum atomic E-state index is -0.206. The molecule has 0 bridgehead atoms. The Bertz CT molecular complexity index is 842. The zero-order valence-corrected chi connectivity index (χ0v) is 13.1. The highest BCUT2D eigenvalue weighted by atomic mass is 19.1. The second-order valence-electron chi connectivity index (χ2n) is 6.18. The van der Waals surface area contributed by atoms with E-state index in [1.165, 1.54) is 12.0 Å². The SMILES string of the molecule is Cn1cc(C2CCCN2Cc2ccc(F)c3cccnc23)cn1. The van der Waals surface area contributed by atoms with Crippen LogP contribution < -0.4 is 0 Å². The predicted octanol–water partition coefficient (Wildman–Crippen LogP) is 3.44. The van der Waals surface area contributed by atoms with Crippen LogP contribution in [0.3, 0.4) is 0 Å². The summed E-state index contributed by atoms with van der Waals surface area (Å²) < 4.78 is 15.8. The molecule has 118 valence electrons. The first-order chi connectivity index (χ1) is 11.2. The Morgan fingerprint density at radius 2 is 2.22 bits per heavy atom. The Hall–Kier alpha value is -2.27. The smallest absolute Gasteiger partial charge is 0.132 e. The van der Waals surface area contributed by atoms with Gasteiger partial charge in [-0.05, 0) is 43.1 Å². The maximum absolute atomic E-state index is 14.0. The fourth-order valence-corrected chi connectivity index (χ4v) is 3.55. The molecule has 0 amide bonds. The lowest BCUT2D eigenvalue weighted by Gasteiger charge is -2.24. The molecule has 1 saturated heterocycles. The third kappa shape index (κ3) is 2.61. The van der Waals surface area contributed by atoms with E-state index in [1.807, 2.05) is 24.0 Å². The van der Waals surface area contributed by atoms with Crippen LogP contribution >= 0.6 is 0 Å². The fourth-order valence-electron chi connectivity index (χ4n) is 3.55. The lowest BCUT2D eigenvalue weighted by molar-refractivity contribution is 0.249. The van der Waals surface area contributed by atoms with Crippen LogP contribution in [0.15, 0.2) is 42.9 Å². The van der Waals surface area contributed by atoms with Gasteiger partial charge < -0.3 is 0 Å². The monoisotopic (exact) mass is 310 g/mol. The van der Waals surface area contributed by atoms with Crippen molar-refractivity contribution in [1.29, 1.82) is 0 Å². The Morgan fingerprint density at radius 3 is 3.04 bits per heavy atom. The zero-order valence-electron chi connectivity index (χ0n) is 13.1. The number of rotatable bonds is 3. The summed E-state index contributed by atoms with van der Waals surface area (Å²) in [7, 11) is 1.94. The molecule has 0 N–H and O–H groups in total. The predicted molar refractivity (Wildman–Crippen MR) is 87.3 cm³/mol. The molecule has 0 saturated carbocycles. The minimum absolute atomic E-state index is 0.206. The third-order valence-electron chi connectivity index (χ3n) is 4.65. The number of hydrogen-bond acceptors (Lipinski definition) is 3. The molecule has 23 heavy (non-hydrogen) atoms. The first-order valence-corrected chi connectivity index (χ1v) is 7.97. The van der Waals surface area contributed by atoms with Crippen molar-refractivity contribution in [2.24, 2.45) is 7.05 Å². The zero-order chi connectivity index (χ0) is 15.8. The van der Waals surface area contributed by atoms with Crippen molar-refractivity contribution in [2.45, 2.75) is 25.4 Å².